The van der Waals surface area contributed by atoms with E-state index in [0.717, 1.165) is 18.4 Å². The van der Waals surface area contributed by atoms with Gasteiger partial charge in [0.05, 0.1) is 11.8 Å². The van der Waals surface area contributed by atoms with E-state index in [2.05, 4.69) is 9.98 Å². The summed E-state index contributed by atoms with van der Waals surface area (Å²) in [7, 11) is -3.31. The van der Waals surface area contributed by atoms with Crippen LogP contribution in [-0.2, 0) is 21.2 Å². The minimum Gasteiger partial charge on any atom is -0.265 e. The van der Waals surface area contributed by atoms with Crippen LogP contribution in [-0.4, -0.2) is 48.7 Å². The number of isocyanates is 1. The molecule has 1 aliphatic heterocycles. The van der Waals surface area contributed by atoms with Gasteiger partial charge in [-0.3, -0.25) is 4.98 Å². The van der Waals surface area contributed by atoms with Crippen LogP contribution in [0, 0.1) is 0 Å². The van der Waals surface area contributed by atoms with E-state index in [9.17, 15) is 13.2 Å². The molecule has 2 rings (SSSR count). The summed E-state index contributed by atoms with van der Waals surface area (Å²) in [6.07, 6.45) is 6.74. The molecule has 108 valence electrons. The third-order valence-electron chi connectivity index (χ3n) is 3.39. The molecule has 1 aromatic heterocycles. The van der Waals surface area contributed by atoms with E-state index in [1.165, 1.54) is 10.4 Å². The summed E-state index contributed by atoms with van der Waals surface area (Å²) in [5, 5.41) is 0. The molecule has 1 fully saturated rings. The van der Waals surface area contributed by atoms with Crippen molar-refractivity contribution in [3.05, 3.63) is 30.1 Å². The van der Waals surface area contributed by atoms with Crippen LogP contribution in [0.4, 0.5) is 0 Å². The Morgan fingerprint density at radius 1 is 1.40 bits per heavy atom. The molecule has 2 heterocycles. The smallest absolute Gasteiger partial charge is 0.235 e. The third-order valence-corrected chi connectivity index (χ3v) is 5.22. The minimum atomic E-state index is -3.31. The Kier molecular flexibility index (Phi) is 5.00. The molecule has 1 unspecified atom stereocenters. The van der Waals surface area contributed by atoms with Gasteiger partial charge in [0.1, 0.15) is 0 Å². The van der Waals surface area contributed by atoms with E-state index in [-0.39, 0.29) is 18.3 Å². The molecule has 0 aliphatic carbocycles. The SMILES string of the molecule is O=C=NC1CCCN(S(=O)(=O)CCc2ccncc2)C1. The number of hydrogen-bond acceptors (Lipinski definition) is 5. The zero-order valence-electron chi connectivity index (χ0n) is 11.1. The first-order chi connectivity index (χ1) is 9.62. The molecule has 1 aliphatic rings. The summed E-state index contributed by atoms with van der Waals surface area (Å²) in [6, 6.07) is 3.37. The Labute approximate surface area is 118 Å². The van der Waals surface area contributed by atoms with Gasteiger partial charge in [0, 0.05) is 25.5 Å². The Balaban J connectivity index is 1.97. The van der Waals surface area contributed by atoms with Crippen molar-refractivity contribution in [3.63, 3.8) is 0 Å². The van der Waals surface area contributed by atoms with Crippen molar-refractivity contribution in [1.82, 2.24) is 9.29 Å². The quantitative estimate of drug-likeness (QED) is 0.593. The van der Waals surface area contributed by atoms with Crippen LogP contribution in [0.5, 0.6) is 0 Å². The highest BCUT2D eigenvalue weighted by atomic mass is 32.2. The first-order valence-corrected chi connectivity index (χ1v) is 8.16. The molecule has 1 atom stereocenters. The number of carbonyl (C=O) groups excluding carboxylic acids is 1. The fraction of sp³-hybridized carbons (Fsp3) is 0.538. The van der Waals surface area contributed by atoms with Crippen molar-refractivity contribution in [2.75, 3.05) is 18.8 Å². The molecule has 6 nitrogen and oxygen atoms in total. The molecule has 0 saturated carbocycles. The number of nitrogens with zero attached hydrogens (tertiary/aromatic N) is 3. The van der Waals surface area contributed by atoms with E-state index in [0.29, 0.717) is 13.0 Å². The van der Waals surface area contributed by atoms with Gasteiger partial charge in [0.2, 0.25) is 16.1 Å². The number of aliphatic imine (C=N–C) groups is 1. The Morgan fingerprint density at radius 2 is 2.15 bits per heavy atom. The lowest BCUT2D eigenvalue weighted by molar-refractivity contribution is 0.316. The molecule has 0 N–H and O–H groups in total. The molecular formula is C13H17N3O3S. The van der Waals surface area contributed by atoms with E-state index in [1.807, 2.05) is 12.1 Å². The second-order valence-electron chi connectivity index (χ2n) is 4.80. The van der Waals surface area contributed by atoms with E-state index in [4.69, 9.17) is 0 Å². The number of sulfonamides is 1. The first-order valence-electron chi connectivity index (χ1n) is 6.55. The Morgan fingerprint density at radius 3 is 2.85 bits per heavy atom. The summed E-state index contributed by atoms with van der Waals surface area (Å²) in [5.41, 5.74) is 0.947. The fourth-order valence-electron chi connectivity index (χ4n) is 2.28. The maximum Gasteiger partial charge on any atom is 0.235 e. The zero-order valence-corrected chi connectivity index (χ0v) is 11.9. The minimum absolute atomic E-state index is 0.0640. The molecule has 0 bridgehead atoms. The third kappa shape index (κ3) is 3.96. The summed E-state index contributed by atoms with van der Waals surface area (Å²) in [5.74, 6) is 0.0640. The number of aromatic nitrogens is 1. The van der Waals surface area contributed by atoms with Gasteiger partial charge in [0.25, 0.3) is 0 Å². The van der Waals surface area contributed by atoms with Crippen LogP contribution in [0.3, 0.4) is 0 Å². The van der Waals surface area contributed by atoms with Crippen molar-refractivity contribution >= 4 is 16.1 Å². The second-order valence-corrected chi connectivity index (χ2v) is 6.88. The second kappa shape index (κ2) is 6.74. The highest BCUT2D eigenvalue weighted by Gasteiger charge is 2.28. The van der Waals surface area contributed by atoms with Gasteiger partial charge in [-0.25, -0.2) is 18.2 Å². The topological polar surface area (TPSA) is 79.7 Å². The molecule has 0 spiro atoms. The number of hydrogen-bond donors (Lipinski definition) is 0. The number of pyridine rings is 1. The summed E-state index contributed by atoms with van der Waals surface area (Å²) >= 11 is 0. The van der Waals surface area contributed by atoms with Crippen LogP contribution < -0.4 is 0 Å². The van der Waals surface area contributed by atoms with Crippen LogP contribution >= 0.6 is 0 Å². The van der Waals surface area contributed by atoms with Gasteiger partial charge in [-0.2, -0.15) is 4.31 Å². The lowest BCUT2D eigenvalue weighted by atomic mass is 10.1. The van der Waals surface area contributed by atoms with Gasteiger partial charge >= 0.3 is 0 Å². The average molecular weight is 295 g/mol. The highest BCUT2D eigenvalue weighted by molar-refractivity contribution is 7.89. The van der Waals surface area contributed by atoms with E-state index in [1.54, 1.807) is 12.4 Å². The van der Waals surface area contributed by atoms with Crippen LogP contribution in [0.2, 0.25) is 0 Å². The lowest BCUT2D eigenvalue weighted by Crippen LogP contribution is -2.42. The average Bonchev–Trinajstić information content (AvgIpc) is 2.47. The zero-order chi connectivity index (χ0) is 14.4. The highest BCUT2D eigenvalue weighted by Crippen LogP contribution is 2.17. The van der Waals surface area contributed by atoms with E-state index >= 15 is 0 Å². The van der Waals surface area contributed by atoms with Gasteiger partial charge in [-0.1, -0.05) is 0 Å². The van der Waals surface area contributed by atoms with Crippen molar-refractivity contribution in [2.24, 2.45) is 4.99 Å². The summed E-state index contributed by atoms with van der Waals surface area (Å²) in [4.78, 5) is 17.8. The number of rotatable bonds is 5. The summed E-state index contributed by atoms with van der Waals surface area (Å²) in [6.45, 7) is 0.789. The van der Waals surface area contributed by atoms with Gasteiger partial charge in [0.15, 0.2) is 0 Å². The monoisotopic (exact) mass is 295 g/mol. The predicted molar refractivity (Wildman–Crippen MR) is 74.4 cm³/mol. The molecule has 1 saturated heterocycles. The van der Waals surface area contributed by atoms with Crippen LogP contribution in [0.1, 0.15) is 18.4 Å². The first kappa shape index (κ1) is 14.8. The van der Waals surface area contributed by atoms with Gasteiger partial charge < -0.3 is 0 Å². The fourth-order valence-corrected chi connectivity index (χ4v) is 3.84. The molecule has 20 heavy (non-hydrogen) atoms. The largest absolute Gasteiger partial charge is 0.265 e. The molecule has 1 aromatic rings. The Hall–Kier alpha value is -1.56. The molecule has 7 heteroatoms. The Bertz CT molecular complexity index is 582. The molecule has 0 aromatic carbocycles. The predicted octanol–water partition coefficient (Wildman–Crippen LogP) is 0.754. The number of aryl methyl sites for hydroxylation is 1. The number of piperidine rings is 1. The van der Waals surface area contributed by atoms with Crippen molar-refractivity contribution < 1.29 is 13.2 Å². The standard InChI is InChI=1S/C13H17N3O3S/c17-11-15-13-2-1-8-16(10-13)20(18,19)9-5-12-3-6-14-7-4-12/h3-4,6-7,13H,1-2,5,8-10H2. The molecule has 0 amide bonds. The lowest BCUT2D eigenvalue weighted by Gasteiger charge is -2.29. The van der Waals surface area contributed by atoms with Crippen LogP contribution in [0.25, 0.3) is 0 Å². The molecular weight excluding hydrogens is 278 g/mol. The summed E-state index contributed by atoms with van der Waals surface area (Å²) < 4.78 is 26.0. The van der Waals surface area contributed by atoms with Crippen molar-refractivity contribution in [3.8, 4) is 0 Å². The maximum absolute atomic E-state index is 12.3. The van der Waals surface area contributed by atoms with Gasteiger partial charge in [-0.15, -0.1) is 0 Å². The van der Waals surface area contributed by atoms with Crippen molar-refractivity contribution in [2.45, 2.75) is 25.3 Å². The van der Waals surface area contributed by atoms with Gasteiger partial charge in [-0.05, 0) is 37.0 Å². The normalized spacial score (nSPS) is 20.3. The van der Waals surface area contributed by atoms with E-state index < -0.39 is 10.0 Å². The van der Waals surface area contributed by atoms with Crippen molar-refractivity contribution in [1.29, 1.82) is 0 Å². The molecule has 0 radical (unpaired) electrons. The van der Waals surface area contributed by atoms with Crippen LogP contribution in [0.15, 0.2) is 29.5 Å². The maximum atomic E-state index is 12.3.